The predicted octanol–water partition coefficient (Wildman–Crippen LogP) is 1.13. The van der Waals surface area contributed by atoms with Crippen LogP contribution >= 0.6 is 0 Å². The van der Waals surface area contributed by atoms with Crippen LogP contribution in [0.3, 0.4) is 0 Å². The van der Waals surface area contributed by atoms with Crippen LogP contribution in [0, 0.1) is 5.41 Å². The number of hydrogen-bond donors (Lipinski definition) is 0. The normalized spacial score (nSPS) is 19.1. The highest BCUT2D eigenvalue weighted by Crippen LogP contribution is 2.16. The van der Waals surface area contributed by atoms with Gasteiger partial charge in [-0.05, 0) is 12.3 Å². The van der Waals surface area contributed by atoms with E-state index in [1.54, 1.807) is 11.8 Å². The molecule has 1 aliphatic heterocycles. The van der Waals surface area contributed by atoms with E-state index in [1.807, 2.05) is 0 Å². The van der Waals surface area contributed by atoms with Crippen LogP contribution in [0.1, 0.15) is 34.6 Å². The quantitative estimate of drug-likeness (QED) is 0.721. The highest BCUT2D eigenvalue weighted by molar-refractivity contribution is 5.83. The molecule has 1 saturated heterocycles. The predicted molar refractivity (Wildman–Crippen MR) is 73.7 cm³/mol. The summed E-state index contributed by atoms with van der Waals surface area (Å²) in [4.78, 5) is 27.1. The maximum absolute atomic E-state index is 12.1. The van der Waals surface area contributed by atoms with Crippen LogP contribution in [0.15, 0.2) is 0 Å². The van der Waals surface area contributed by atoms with Gasteiger partial charge in [0.05, 0.1) is 0 Å². The highest BCUT2D eigenvalue weighted by Gasteiger charge is 2.27. The minimum absolute atomic E-state index is 0.0920. The summed E-state index contributed by atoms with van der Waals surface area (Å²) < 4.78 is 4.93. The fraction of sp³-hybridized carbons (Fsp3) is 0.857. The smallest absolute Gasteiger partial charge is 0.303 e. The second-order valence-electron chi connectivity index (χ2n) is 6.41. The van der Waals surface area contributed by atoms with Crippen molar-refractivity contribution < 1.29 is 14.3 Å². The number of rotatable bonds is 3. The Labute approximate surface area is 115 Å². The van der Waals surface area contributed by atoms with Crippen molar-refractivity contribution in [3.8, 4) is 0 Å². The number of carbonyl (C=O) groups is 2. The SMILES string of the molecule is CC(=O)O[C@H](C)C(=O)N1CCN(CC(C)(C)C)CC1. The molecule has 0 spiro atoms. The second-order valence-corrected chi connectivity index (χ2v) is 6.41. The minimum Gasteiger partial charge on any atom is -0.453 e. The summed E-state index contributed by atoms with van der Waals surface area (Å²) in [5.74, 6) is -0.502. The summed E-state index contributed by atoms with van der Waals surface area (Å²) in [7, 11) is 0. The fourth-order valence-electron chi connectivity index (χ4n) is 2.35. The number of piperazine rings is 1. The molecular weight excluding hydrogens is 244 g/mol. The van der Waals surface area contributed by atoms with Crippen LogP contribution < -0.4 is 0 Å². The molecular formula is C14H26N2O3. The zero-order valence-corrected chi connectivity index (χ0v) is 12.7. The first kappa shape index (κ1) is 16.0. The van der Waals surface area contributed by atoms with E-state index in [9.17, 15) is 9.59 Å². The van der Waals surface area contributed by atoms with E-state index in [0.29, 0.717) is 13.1 Å². The third-order valence-corrected chi connectivity index (χ3v) is 3.07. The molecule has 5 nitrogen and oxygen atoms in total. The Morgan fingerprint density at radius 2 is 1.68 bits per heavy atom. The molecule has 0 saturated carbocycles. The van der Waals surface area contributed by atoms with E-state index < -0.39 is 12.1 Å². The molecule has 0 aromatic rings. The monoisotopic (exact) mass is 270 g/mol. The molecule has 0 bridgehead atoms. The van der Waals surface area contributed by atoms with E-state index in [1.165, 1.54) is 6.92 Å². The van der Waals surface area contributed by atoms with Crippen LogP contribution in [-0.4, -0.2) is 60.5 Å². The van der Waals surface area contributed by atoms with Gasteiger partial charge in [0.1, 0.15) is 0 Å². The molecule has 0 aliphatic carbocycles. The van der Waals surface area contributed by atoms with Crippen molar-refractivity contribution in [1.82, 2.24) is 9.80 Å². The first-order chi connectivity index (χ1) is 8.69. The molecule has 0 aromatic heterocycles. The van der Waals surface area contributed by atoms with Crippen molar-refractivity contribution in [3.63, 3.8) is 0 Å². The van der Waals surface area contributed by atoms with Crippen molar-refractivity contribution in [1.29, 1.82) is 0 Å². The average Bonchev–Trinajstić information content (AvgIpc) is 2.26. The molecule has 0 radical (unpaired) electrons. The van der Waals surface area contributed by atoms with Gasteiger partial charge in [-0.3, -0.25) is 14.5 Å². The summed E-state index contributed by atoms with van der Waals surface area (Å²) in [6.45, 7) is 13.8. The molecule has 1 fully saturated rings. The maximum atomic E-state index is 12.1. The van der Waals surface area contributed by atoms with Gasteiger partial charge in [-0.2, -0.15) is 0 Å². The standard InChI is InChI=1S/C14H26N2O3/c1-11(19-12(2)17)13(18)16-8-6-15(7-9-16)10-14(3,4)5/h11H,6-10H2,1-5H3/t11-/m1/s1. The summed E-state index contributed by atoms with van der Waals surface area (Å²) in [6.07, 6.45) is -0.674. The Morgan fingerprint density at radius 1 is 1.16 bits per heavy atom. The average molecular weight is 270 g/mol. The van der Waals surface area contributed by atoms with Gasteiger partial charge < -0.3 is 9.64 Å². The van der Waals surface area contributed by atoms with E-state index in [2.05, 4.69) is 25.7 Å². The zero-order valence-electron chi connectivity index (χ0n) is 12.7. The molecule has 1 amide bonds. The minimum atomic E-state index is -0.674. The molecule has 1 aliphatic rings. The highest BCUT2D eigenvalue weighted by atomic mass is 16.5. The summed E-state index contributed by atoms with van der Waals surface area (Å²) in [5, 5.41) is 0. The van der Waals surface area contributed by atoms with E-state index >= 15 is 0 Å². The molecule has 0 N–H and O–H groups in total. The zero-order chi connectivity index (χ0) is 14.6. The molecule has 0 aromatic carbocycles. The van der Waals surface area contributed by atoms with E-state index in [4.69, 9.17) is 4.74 Å². The number of nitrogens with zero attached hydrogens (tertiary/aromatic N) is 2. The number of amides is 1. The van der Waals surface area contributed by atoms with Crippen LogP contribution in [-0.2, 0) is 14.3 Å². The largest absolute Gasteiger partial charge is 0.453 e. The Balaban J connectivity index is 2.41. The maximum Gasteiger partial charge on any atom is 0.303 e. The molecule has 5 heteroatoms. The Morgan fingerprint density at radius 3 is 2.11 bits per heavy atom. The summed E-state index contributed by atoms with van der Waals surface area (Å²) in [6, 6.07) is 0. The van der Waals surface area contributed by atoms with Crippen LogP contribution in [0.25, 0.3) is 0 Å². The lowest BCUT2D eigenvalue weighted by atomic mass is 9.96. The molecule has 19 heavy (non-hydrogen) atoms. The van der Waals surface area contributed by atoms with Gasteiger partial charge in [-0.25, -0.2) is 0 Å². The topological polar surface area (TPSA) is 49.9 Å². The third-order valence-electron chi connectivity index (χ3n) is 3.07. The Kier molecular flexibility index (Phi) is 5.35. The molecule has 110 valence electrons. The fourth-order valence-corrected chi connectivity index (χ4v) is 2.35. The van der Waals surface area contributed by atoms with Crippen LogP contribution in [0.4, 0.5) is 0 Å². The van der Waals surface area contributed by atoms with Gasteiger partial charge in [0.15, 0.2) is 6.10 Å². The van der Waals surface area contributed by atoms with Gasteiger partial charge >= 0.3 is 5.97 Å². The van der Waals surface area contributed by atoms with Crippen molar-refractivity contribution in [2.45, 2.75) is 40.7 Å². The molecule has 1 atom stereocenters. The first-order valence-corrected chi connectivity index (χ1v) is 6.87. The van der Waals surface area contributed by atoms with Crippen molar-refractivity contribution in [2.75, 3.05) is 32.7 Å². The molecule has 0 unspecified atom stereocenters. The van der Waals surface area contributed by atoms with Crippen molar-refractivity contribution >= 4 is 11.9 Å². The second kappa shape index (κ2) is 6.37. The Bertz CT molecular complexity index is 328. The van der Waals surface area contributed by atoms with Crippen molar-refractivity contribution in [3.05, 3.63) is 0 Å². The van der Waals surface area contributed by atoms with Gasteiger partial charge in [0.2, 0.25) is 0 Å². The van der Waals surface area contributed by atoms with Gasteiger partial charge in [0.25, 0.3) is 5.91 Å². The third kappa shape index (κ3) is 5.59. The first-order valence-electron chi connectivity index (χ1n) is 6.87. The molecule has 1 heterocycles. The lowest BCUT2D eigenvalue weighted by Gasteiger charge is -2.38. The Hall–Kier alpha value is -1.10. The number of hydrogen-bond acceptors (Lipinski definition) is 4. The van der Waals surface area contributed by atoms with E-state index in [-0.39, 0.29) is 11.3 Å². The number of ether oxygens (including phenoxy) is 1. The van der Waals surface area contributed by atoms with Gasteiger partial charge in [0, 0.05) is 39.6 Å². The van der Waals surface area contributed by atoms with Crippen LogP contribution in [0.5, 0.6) is 0 Å². The van der Waals surface area contributed by atoms with E-state index in [0.717, 1.165) is 19.6 Å². The van der Waals surface area contributed by atoms with Crippen LogP contribution in [0.2, 0.25) is 0 Å². The summed E-state index contributed by atoms with van der Waals surface area (Å²) in [5.41, 5.74) is 0.275. The lowest BCUT2D eigenvalue weighted by molar-refractivity contribution is -0.158. The molecule has 1 rings (SSSR count). The lowest BCUT2D eigenvalue weighted by Crippen LogP contribution is -2.52. The van der Waals surface area contributed by atoms with Crippen molar-refractivity contribution in [2.24, 2.45) is 5.41 Å². The summed E-state index contributed by atoms with van der Waals surface area (Å²) >= 11 is 0. The van der Waals surface area contributed by atoms with Gasteiger partial charge in [-0.1, -0.05) is 20.8 Å². The number of esters is 1. The van der Waals surface area contributed by atoms with Gasteiger partial charge in [-0.15, -0.1) is 0 Å². The number of carbonyl (C=O) groups excluding carboxylic acids is 2.